The van der Waals surface area contributed by atoms with E-state index in [9.17, 15) is 14.4 Å². The standard InChI is InChI=1S/C27H30N4O5/c1-25(2)10-16-11-26(3,12-25)21-27(22(32)29(4)24(34)30(5)23(27)33)9-15-6-14-7-18-19(36-13-35-18)8-17(14)28-20(15)31(16)21/h6-8,16,21H,9-13H2,1-5H3/t16-,21+,26+/m1/s1. The molecule has 0 unspecified atom stereocenters. The quantitative estimate of drug-likeness (QED) is 0.523. The molecule has 7 rings (SSSR count). The molecule has 36 heavy (non-hydrogen) atoms. The average Bonchev–Trinajstić information content (AvgIpc) is 3.36. The fraction of sp³-hybridized carbons (Fsp3) is 0.556. The Hall–Kier alpha value is -3.36. The molecule has 1 aromatic carbocycles. The van der Waals surface area contributed by atoms with Gasteiger partial charge in [0.2, 0.25) is 18.6 Å². The van der Waals surface area contributed by atoms with Crippen molar-refractivity contribution < 1.29 is 23.9 Å². The number of rotatable bonds is 0. The lowest BCUT2D eigenvalue weighted by molar-refractivity contribution is -0.161. The van der Waals surface area contributed by atoms with Gasteiger partial charge in [0.05, 0.1) is 11.6 Å². The number of anilines is 1. The monoisotopic (exact) mass is 490 g/mol. The van der Waals surface area contributed by atoms with E-state index >= 15 is 0 Å². The maximum absolute atomic E-state index is 14.1. The minimum Gasteiger partial charge on any atom is -0.454 e. The molecule has 2 aromatic rings. The molecule has 5 aliphatic rings. The lowest BCUT2D eigenvalue weighted by Crippen LogP contribution is -2.72. The van der Waals surface area contributed by atoms with Gasteiger partial charge in [-0.2, -0.15) is 0 Å². The van der Waals surface area contributed by atoms with Gasteiger partial charge < -0.3 is 14.4 Å². The molecule has 3 atom stereocenters. The van der Waals surface area contributed by atoms with E-state index in [1.165, 1.54) is 14.1 Å². The first kappa shape index (κ1) is 21.9. The topological polar surface area (TPSA) is 92.3 Å². The summed E-state index contributed by atoms with van der Waals surface area (Å²) in [4.78, 5) is 50.6. The molecule has 1 aliphatic carbocycles. The Labute approximate surface area is 209 Å². The van der Waals surface area contributed by atoms with Crippen LogP contribution in [0.5, 0.6) is 11.5 Å². The highest BCUT2D eigenvalue weighted by molar-refractivity contribution is 6.20. The number of carbonyl (C=O) groups is 3. The number of carbonyl (C=O) groups excluding carboxylic acids is 3. The lowest BCUT2D eigenvalue weighted by Gasteiger charge is -2.54. The van der Waals surface area contributed by atoms with E-state index in [0.717, 1.165) is 51.3 Å². The Balaban J connectivity index is 1.51. The number of hydrogen-bond acceptors (Lipinski definition) is 7. The predicted octanol–water partition coefficient (Wildman–Crippen LogP) is 3.33. The third kappa shape index (κ3) is 2.51. The van der Waals surface area contributed by atoms with E-state index in [0.29, 0.717) is 11.5 Å². The number of imide groups is 2. The normalized spacial score (nSPS) is 31.4. The Morgan fingerprint density at radius 1 is 0.944 bits per heavy atom. The zero-order chi connectivity index (χ0) is 25.4. The van der Waals surface area contributed by atoms with Gasteiger partial charge in [-0.3, -0.25) is 19.4 Å². The fourth-order valence-corrected chi connectivity index (χ4v) is 8.39. The van der Waals surface area contributed by atoms with Crippen molar-refractivity contribution in [1.29, 1.82) is 0 Å². The number of pyridine rings is 1. The molecule has 3 fully saturated rings. The molecule has 0 radical (unpaired) electrons. The van der Waals surface area contributed by atoms with E-state index in [1.54, 1.807) is 0 Å². The first-order valence-corrected chi connectivity index (χ1v) is 12.6. The van der Waals surface area contributed by atoms with Gasteiger partial charge in [0.1, 0.15) is 5.82 Å². The van der Waals surface area contributed by atoms with Crippen LogP contribution in [0.3, 0.4) is 0 Å². The highest BCUT2D eigenvalue weighted by Crippen LogP contribution is 2.64. The molecule has 2 bridgehead atoms. The van der Waals surface area contributed by atoms with Crippen molar-refractivity contribution in [2.24, 2.45) is 16.2 Å². The fourth-order valence-electron chi connectivity index (χ4n) is 8.39. The molecule has 1 spiro atoms. The smallest absolute Gasteiger partial charge is 0.332 e. The largest absolute Gasteiger partial charge is 0.454 e. The number of urea groups is 1. The number of nitrogens with zero attached hydrogens (tertiary/aromatic N) is 4. The SMILES string of the molecule is CN1C(=O)N(C)C(=O)C2(Cc3cc4cc5c(cc4nc3N3[C@@H]4CC(C)(C)C[C@](C)(C4)[C@H]32)OCO5)C1=O. The zero-order valence-electron chi connectivity index (χ0n) is 21.3. The van der Waals surface area contributed by atoms with Gasteiger partial charge in [-0.25, -0.2) is 9.78 Å². The summed E-state index contributed by atoms with van der Waals surface area (Å²) in [6, 6.07) is 5.02. The maximum atomic E-state index is 14.1. The summed E-state index contributed by atoms with van der Waals surface area (Å²) in [6.45, 7) is 6.93. The number of fused-ring (bicyclic) bond motifs is 10. The summed E-state index contributed by atoms with van der Waals surface area (Å²) in [5.74, 6) is 1.36. The van der Waals surface area contributed by atoms with Crippen LogP contribution in [0.1, 0.15) is 45.6 Å². The highest BCUT2D eigenvalue weighted by atomic mass is 16.7. The summed E-state index contributed by atoms with van der Waals surface area (Å²) >= 11 is 0. The van der Waals surface area contributed by atoms with E-state index in [1.807, 2.05) is 18.2 Å². The lowest BCUT2D eigenvalue weighted by atomic mass is 9.56. The van der Waals surface area contributed by atoms with Crippen molar-refractivity contribution in [2.45, 2.75) is 58.5 Å². The van der Waals surface area contributed by atoms with E-state index < -0.39 is 23.3 Å². The second-order valence-electron chi connectivity index (χ2n) is 12.4. The number of hydrogen-bond donors (Lipinski definition) is 0. The predicted molar refractivity (Wildman–Crippen MR) is 131 cm³/mol. The van der Waals surface area contributed by atoms with E-state index in [2.05, 4.69) is 25.7 Å². The summed E-state index contributed by atoms with van der Waals surface area (Å²) in [7, 11) is 2.98. The number of aromatic nitrogens is 1. The Morgan fingerprint density at radius 2 is 1.61 bits per heavy atom. The van der Waals surface area contributed by atoms with Crippen LogP contribution in [0, 0.1) is 16.2 Å². The zero-order valence-corrected chi connectivity index (χ0v) is 21.3. The molecule has 5 heterocycles. The van der Waals surface area contributed by atoms with Crippen molar-refractivity contribution in [2.75, 3.05) is 25.8 Å². The molecule has 4 amide bonds. The van der Waals surface area contributed by atoms with Crippen LogP contribution in [0.2, 0.25) is 0 Å². The molecule has 1 saturated carbocycles. The van der Waals surface area contributed by atoms with Gasteiger partial charge in [-0.15, -0.1) is 0 Å². The summed E-state index contributed by atoms with van der Waals surface area (Å²) in [5.41, 5.74) is 0.0186. The molecule has 9 heteroatoms. The van der Waals surface area contributed by atoms with Crippen LogP contribution in [0.15, 0.2) is 18.2 Å². The van der Waals surface area contributed by atoms with E-state index in [-0.39, 0.29) is 36.1 Å². The van der Waals surface area contributed by atoms with Gasteiger partial charge in [0.15, 0.2) is 16.9 Å². The maximum Gasteiger partial charge on any atom is 0.332 e. The van der Waals surface area contributed by atoms with Crippen LogP contribution in [0.4, 0.5) is 10.6 Å². The molecule has 188 valence electrons. The molecule has 1 aromatic heterocycles. The third-order valence-electron chi connectivity index (χ3n) is 9.20. The molecule has 9 nitrogen and oxygen atoms in total. The van der Waals surface area contributed by atoms with Crippen LogP contribution in [0.25, 0.3) is 10.9 Å². The van der Waals surface area contributed by atoms with Crippen molar-refractivity contribution in [3.8, 4) is 11.5 Å². The van der Waals surface area contributed by atoms with Gasteiger partial charge in [-0.1, -0.05) is 20.8 Å². The number of ether oxygens (including phenoxy) is 2. The van der Waals surface area contributed by atoms with E-state index in [4.69, 9.17) is 14.5 Å². The van der Waals surface area contributed by atoms with Crippen molar-refractivity contribution in [3.05, 3.63) is 23.8 Å². The minimum atomic E-state index is -1.39. The Morgan fingerprint density at radius 3 is 2.31 bits per heavy atom. The Bertz CT molecular complexity index is 1380. The average molecular weight is 491 g/mol. The number of amides is 4. The van der Waals surface area contributed by atoms with Crippen molar-refractivity contribution >= 4 is 34.6 Å². The molecule has 4 aliphatic heterocycles. The number of barbiturate groups is 1. The van der Waals surface area contributed by atoms with Gasteiger partial charge in [0, 0.05) is 38.0 Å². The van der Waals surface area contributed by atoms with Crippen molar-refractivity contribution in [1.82, 2.24) is 14.8 Å². The molecule has 2 saturated heterocycles. The van der Waals surface area contributed by atoms with Crippen LogP contribution >= 0.6 is 0 Å². The number of benzene rings is 1. The molecule has 0 N–H and O–H groups in total. The van der Waals surface area contributed by atoms with Crippen LogP contribution < -0.4 is 14.4 Å². The molecular weight excluding hydrogens is 460 g/mol. The summed E-state index contributed by atoms with van der Waals surface area (Å²) in [5, 5.41) is 0.869. The summed E-state index contributed by atoms with van der Waals surface area (Å²) in [6.07, 6.45) is 2.93. The minimum absolute atomic E-state index is 0.0492. The van der Waals surface area contributed by atoms with Gasteiger partial charge in [0.25, 0.3) is 0 Å². The second kappa shape index (κ2) is 6.49. The highest BCUT2D eigenvalue weighted by Gasteiger charge is 2.72. The van der Waals surface area contributed by atoms with Gasteiger partial charge in [-0.05, 0) is 47.8 Å². The second-order valence-corrected chi connectivity index (χ2v) is 12.4. The Kier molecular flexibility index (Phi) is 3.95. The van der Waals surface area contributed by atoms with Crippen molar-refractivity contribution in [3.63, 3.8) is 0 Å². The van der Waals surface area contributed by atoms with Gasteiger partial charge >= 0.3 is 6.03 Å². The molecular formula is C27H30N4O5. The third-order valence-corrected chi connectivity index (χ3v) is 9.20. The van der Waals surface area contributed by atoms with Crippen LogP contribution in [-0.2, 0) is 16.0 Å². The first-order chi connectivity index (χ1) is 16.9. The van der Waals surface area contributed by atoms with Crippen LogP contribution in [-0.4, -0.2) is 65.6 Å². The first-order valence-electron chi connectivity index (χ1n) is 12.6. The summed E-state index contributed by atoms with van der Waals surface area (Å²) < 4.78 is 11.2.